The molecule has 0 aliphatic rings. The van der Waals surface area contributed by atoms with E-state index in [0.717, 1.165) is 6.42 Å². The molecule has 6 heteroatoms. The summed E-state index contributed by atoms with van der Waals surface area (Å²) in [7, 11) is 0. The summed E-state index contributed by atoms with van der Waals surface area (Å²) in [6.07, 6.45) is 0.740. The number of nitrogens with one attached hydrogen (secondary N) is 1. The highest BCUT2D eigenvalue weighted by Gasteiger charge is 2.20. The quantitative estimate of drug-likeness (QED) is 0.270. The zero-order valence-corrected chi connectivity index (χ0v) is 11.2. The van der Waals surface area contributed by atoms with Crippen molar-refractivity contribution in [2.45, 2.75) is 32.4 Å². The lowest BCUT2D eigenvalue weighted by atomic mass is 9.98. The van der Waals surface area contributed by atoms with Gasteiger partial charge in [-0.25, -0.2) is 4.39 Å². The minimum absolute atomic E-state index is 0.0103. The second kappa shape index (κ2) is 6.49. The topological polar surface area (TPSA) is 90.9 Å². The molecule has 0 fully saturated rings. The fourth-order valence-electron chi connectivity index (χ4n) is 1.60. The predicted molar refractivity (Wildman–Crippen MR) is 71.5 cm³/mol. The lowest BCUT2D eigenvalue weighted by Crippen LogP contribution is -2.44. The van der Waals surface area contributed by atoms with E-state index in [9.17, 15) is 9.50 Å². The molecule has 0 aliphatic heterocycles. The lowest BCUT2D eigenvalue weighted by molar-refractivity contribution is 0.169. The minimum Gasteiger partial charge on any atom is -0.409 e. The first-order valence-corrected chi connectivity index (χ1v) is 6.08. The van der Waals surface area contributed by atoms with Gasteiger partial charge in [0.05, 0.1) is 6.61 Å². The Morgan fingerprint density at radius 1 is 1.53 bits per heavy atom. The number of aliphatic hydroxyl groups is 1. The van der Waals surface area contributed by atoms with Gasteiger partial charge in [0.15, 0.2) is 5.84 Å². The molecule has 0 heterocycles. The third kappa shape index (κ3) is 3.90. The maximum atomic E-state index is 13.2. The summed E-state index contributed by atoms with van der Waals surface area (Å²) in [6, 6.07) is 4.10. The second-order valence-electron chi connectivity index (χ2n) is 4.71. The summed E-state index contributed by atoms with van der Waals surface area (Å²) in [5.74, 6) is -0.593. The Morgan fingerprint density at radius 3 is 2.74 bits per heavy atom. The second-order valence-corrected chi connectivity index (χ2v) is 4.71. The Hall–Kier alpha value is -1.66. The highest BCUT2D eigenvalue weighted by molar-refractivity contribution is 5.98. The van der Waals surface area contributed by atoms with E-state index in [0.29, 0.717) is 17.7 Å². The van der Waals surface area contributed by atoms with Crippen LogP contribution in [0.3, 0.4) is 0 Å². The molecule has 106 valence electrons. The molecule has 1 aromatic carbocycles. The molecular formula is C13H20FN3O2. The van der Waals surface area contributed by atoms with Crippen LogP contribution < -0.4 is 11.1 Å². The molecule has 0 aromatic heterocycles. The van der Waals surface area contributed by atoms with Crippen LogP contribution in [0.5, 0.6) is 0 Å². The highest BCUT2D eigenvalue weighted by Crippen LogP contribution is 2.14. The SMILES string of the molecule is CCC(C)(CO)NCc1ccc(F)cc1C(N)=NO. The third-order valence-electron chi connectivity index (χ3n) is 3.29. The van der Waals surface area contributed by atoms with Crippen molar-refractivity contribution < 1.29 is 14.7 Å². The largest absolute Gasteiger partial charge is 0.409 e. The van der Waals surface area contributed by atoms with E-state index in [1.54, 1.807) is 6.07 Å². The maximum Gasteiger partial charge on any atom is 0.170 e. The van der Waals surface area contributed by atoms with E-state index in [4.69, 9.17) is 10.9 Å². The number of amidine groups is 1. The Labute approximate surface area is 111 Å². The van der Waals surface area contributed by atoms with Crippen LogP contribution in [-0.4, -0.2) is 28.3 Å². The van der Waals surface area contributed by atoms with E-state index in [1.807, 2.05) is 13.8 Å². The molecule has 19 heavy (non-hydrogen) atoms. The molecule has 0 aliphatic carbocycles. The number of rotatable bonds is 6. The number of hydrogen-bond acceptors (Lipinski definition) is 4. The van der Waals surface area contributed by atoms with E-state index in [2.05, 4.69) is 10.5 Å². The van der Waals surface area contributed by atoms with Crippen LogP contribution in [0.25, 0.3) is 0 Å². The van der Waals surface area contributed by atoms with Crippen molar-refractivity contribution in [2.24, 2.45) is 10.9 Å². The average Bonchev–Trinajstić information content (AvgIpc) is 2.44. The number of halogens is 1. The predicted octanol–water partition coefficient (Wildman–Crippen LogP) is 1.17. The smallest absolute Gasteiger partial charge is 0.170 e. The Bertz CT molecular complexity index is 459. The molecule has 5 N–H and O–H groups in total. The van der Waals surface area contributed by atoms with Gasteiger partial charge in [-0.2, -0.15) is 0 Å². The molecule has 1 aromatic rings. The van der Waals surface area contributed by atoms with Gasteiger partial charge in [-0.1, -0.05) is 18.1 Å². The van der Waals surface area contributed by atoms with Gasteiger partial charge in [-0.05, 0) is 31.0 Å². The van der Waals surface area contributed by atoms with Crippen molar-refractivity contribution >= 4 is 5.84 Å². The Kier molecular flexibility index (Phi) is 5.26. The lowest BCUT2D eigenvalue weighted by Gasteiger charge is -2.27. The van der Waals surface area contributed by atoms with Crippen LogP contribution in [0.4, 0.5) is 4.39 Å². The number of nitrogens with zero attached hydrogens (tertiary/aromatic N) is 1. The number of nitrogens with two attached hydrogens (primary N) is 1. The molecule has 0 amide bonds. The molecule has 0 saturated carbocycles. The van der Waals surface area contributed by atoms with Crippen molar-refractivity contribution in [3.8, 4) is 0 Å². The zero-order chi connectivity index (χ0) is 14.5. The van der Waals surface area contributed by atoms with Crippen LogP contribution in [-0.2, 0) is 6.54 Å². The van der Waals surface area contributed by atoms with Crippen LogP contribution in [0, 0.1) is 5.82 Å². The van der Waals surface area contributed by atoms with Crippen LogP contribution in [0.15, 0.2) is 23.4 Å². The normalized spacial score (nSPS) is 15.3. The first-order valence-electron chi connectivity index (χ1n) is 6.08. The molecule has 1 unspecified atom stereocenters. The minimum atomic E-state index is -0.453. The van der Waals surface area contributed by atoms with Crippen LogP contribution in [0.1, 0.15) is 31.4 Å². The summed E-state index contributed by atoms with van der Waals surface area (Å²) < 4.78 is 13.2. The summed E-state index contributed by atoms with van der Waals surface area (Å²) in [6.45, 7) is 4.22. The van der Waals surface area contributed by atoms with Gasteiger partial charge < -0.3 is 21.4 Å². The van der Waals surface area contributed by atoms with Crippen molar-refractivity contribution in [2.75, 3.05) is 6.61 Å². The standard InChI is InChI=1S/C13H20FN3O2/c1-3-13(2,8-18)16-7-9-4-5-10(14)6-11(9)12(15)17-19/h4-6,16,18-19H,3,7-8H2,1-2H3,(H2,15,17). The zero-order valence-electron chi connectivity index (χ0n) is 11.2. The molecule has 0 bridgehead atoms. The average molecular weight is 269 g/mol. The molecule has 0 saturated heterocycles. The van der Waals surface area contributed by atoms with E-state index >= 15 is 0 Å². The van der Waals surface area contributed by atoms with Crippen molar-refractivity contribution in [3.05, 3.63) is 35.1 Å². The summed E-state index contributed by atoms with van der Waals surface area (Å²) >= 11 is 0. The van der Waals surface area contributed by atoms with Gasteiger partial charge in [0, 0.05) is 17.6 Å². The molecular weight excluding hydrogens is 249 g/mol. The fourth-order valence-corrected chi connectivity index (χ4v) is 1.60. The highest BCUT2D eigenvalue weighted by atomic mass is 19.1. The first kappa shape index (κ1) is 15.4. The van der Waals surface area contributed by atoms with E-state index in [1.165, 1.54) is 12.1 Å². The molecule has 5 nitrogen and oxygen atoms in total. The molecule has 0 radical (unpaired) electrons. The van der Waals surface area contributed by atoms with E-state index < -0.39 is 11.4 Å². The number of hydrogen-bond donors (Lipinski definition) is 4. The number of oxime groups is 1. The number of aliphatic hydroxyl groups excluding tert-OH is 1. The Morgan fingerprint density at radius 2 is 2.21 bits per heavy atom. The van der Waals surface area contributed by atoms with Crippen LogP contribution in [0.2, 0.25) is 0 Å². The maximum absolute atomic E-state index is 13.2. The van der Waals surface area contributed by atoms with Gasteiger partial charge >= 0.3 is 0 Å². The summed E-state index contributed by atoms with van der Waals surface area (Å²) in [5.41, 5.74) is 6.14. The van der Waals surface area contributed by atoms with Gasteiger partial charge in [0.2, 0.25) is 0 Å². The van der Waals surface area contributed by atoms with Crippen molar-refractivity contribution in [3.63, 3.8) is 0 Å². The monoisotopic (exact) mass is 269 g/mol. The number of benzene rings is 1. The molecule has 1 rings (SSSR count). The first-order chi connectivity index (χ1) is 8.95. The van der Waals surface area contributed by atoms with Crippen molar-refractivity contribution in [1.82, 2.24) is 5.32 Å². The summed E-state index contributed by atoms with van der Waals surface area (Å²) in [4.78, 5) is 0. The van der Waals surface area contributed by atoms with Gasteiger partial charge in [-0.15, -0.1) is 0 Å². The van der Waals surface area contributed by atoms with Gasteiger partial charge in [0.1, 0.15) is 5.82 Å². The fraction of sp³-hybridized carbons (Fsp3) is 0.462. The van der Waals surface area contributed by atoms with E-state index in [-0.39, 0.29) is 12.4 Å². The van der Waals surface area contributed by atoms with Gasteiger partial charge in [-0.3, -0.25) is 0 Å². The molecule has 1 atom stereocenters. The molecule has 0 spiro atoms. The van der Waals surface area contributed by atoms with Crippen molar-refractivity contribution in [1.29, 1.82) is 0 Å². The van der Waals surface area contributed by atoms with Gasteiger partial charge in [0.25, 0.3) is 0 Å². The summed E-state index contributed by atoms with van der Waals surface area (Å²) in [5, 5.41) is 24.1. The third-order valence-corrected chi connectivity index (χ3v) is 3.29. The van der Waals surface area contributed by atoms with Crippen LogP contribution >= 0.6 is 0 Å². The Balaban J connectivity index is 2.95.